The maximum atomic E-state index is 12.0. The number of nitrogens with one attached hydrogen (secondary N) is 2. The van der Waals surface area contributed by atoms with E-state index in [0.29, 0.717) is 27.2 Å². The Morgan fingerprint density at radius 1 is 1.07 bits per heavy atom. The topological polar surface area (TPSA) is 61.4 Å². The Hall–Kier alpha value is -2.21. The molecule has 1 aliphatic rings. The molecule has 2 N–H and O–H groups in total. The van der Waals surface area contributed by atoms with E-state index in [4.69, 9.17) is 34.8 Å². The molecule has 0 radical (unpaired) electrons. The Kier molecular flexibility index (Phi) is 6.26. The zero-order valence-corrected chi connectivity index (χ0v) is 16.4. The van der Waals surface area contributed by atoms with Crippen molar-refractivity contribution >= 4 is 64.1 Å². The van der Waals surface area contributed by atoms with Crippen molar-refractivity contribution in [1.29, 1.82) is 0 Å². The number of hydrogen-bond donors (Lipinski definition) is 2. The van der Waals surface area contributed by atoms with Crippen molar-refractivity contribution in [2.75, 3.05) is 16.9 Å². The molecule has 0 saturated carbocycles. The van der Waals surface area contributed by atoms with E-state index in [1.54, 1.807) is 11.0 Å². The summed E-state index contributed by atoms with van der Waals surface area (Å²) >= 11 is 17.9. The fourth-order valence-electron chi connectivity index (χ4n) is 2.69. The van der Waals surface area contributed by atoms with E-state index >= 15 is 0 Å². The zero-order valence-electron chi connectivity index (χ0n) is 14.1. The van der Waals surface area contributed by atoms with Gasteiger partial charge in [0.25, 0.3) is 5.91 Å². The number of anilines is 2. The van der Waals surface area contributed by atoms with E-state index in [0.717, 1.165) is 24.2 Å². The Bertz CT molecular complexity index is 875. The Balaban J connectivity index is 1.58. The zero-order chi connectivity index (χ0) is 19.4. The van der Waals surface area contributed by atoms with Gasteiger partial charge in [0.1, 0.15) is 0 Å². The van der Waals surface area contributed by atoms with Crippen molar-refractivity contribution in [3.8, 4) is 0 Å². The molecule has 0 bridgehead atoms. The fourth-order valence-corrected chi connectivity index (χ4v) is 3.60. The molecule has 5 nitrogen and oxygen atoms in total. The molecular weight excluding hydrogens is 409 g/mol. The van der Waals surface area contributed by atoms with E-state index in [1.165, 1.54) is 18.2 Å². The highest BCUT2D eigenvalue weighted by molar-refractivity contribution is 6.41. The Labute approximate surface area is 171 Å². The van der Waals surface area contributed by atoms with Crippen molar-refractivity contribution < 1.29 is 9.59 Å². The van der Waals surface area contributed by atoms with Gasteiger partial charge in [0.15, 0.2) is 0 Å². The van der Waals surface area contributed by atoms with Crippen LogP contribution in [0.4, 0.5) is 11.4 Å². The van der Waals surface area contributed by atoms with Crippen LogP contribution in [0, 0.1) is 0 Å². The first-order valence-electron chi connectivity index (χ1n) is 8.23. The molecule has 8 heteroatoms. The summed E-state index contributed by atoms with van der Waals surface area (Å²) in [6.45, 7) is 0.748. The van der Waals surface area contributed by atoms with E-state index in [-0.39, 0.29) is 11.8 Å². The van der Waals surface area contributed by atoms with Crippen LogP contribution in [0.25, 0.3) is 6.08 Å². The maximum absolute atomic E-state index is 12.0. The lowest BCUT2D eigenvalue weighted by Crippen LogP contribution is -2.27. The van der Waals surface area contributed by atoms with E-state index in [9.17, 15) is 9.59 Å². The average molecular weight is 425 g/mol. The quantitative estimate of drug-likeness (QED) is 0.528. The second kappa shape index (κ2) is 8.65. The molecule has 2 aromatic rings. The number of carbonyl (C=O) groups is 2. The minimum absolute atomic E-state index is 0.142. The second-order valence-electron chi connectivity index (χ2n) is 5.93. The molecule has 1 aliphatic heterocycles. The number of hydrogen-bond acceptors (Lipinski definition) is 3. The number of hydrazine groups is 1. The van der Waals surface area contributed by atoms with Crippen LogP contribution in [0.3, 0.4) is 0 Å². The second-order valence-corrected chi connectivity index (χ2v) is 7.18. The molecule has 0 aromatic heterocycles. The predicted molar refractivity (Wildman–Crippen MR) is 110 cm³/mol. The third kappa shape index (κ3) is 4.95. The van der Waals surface area contributed by atoms with Gasteiger partial charge < -0.3 is 4.90 Å². The summed E-state index contributed by atoms with van der Waals surface area (Å²) < 4.78 is 0. The predicted octanol–water partition coefficient (Wildman–Crippen LogP) is 4.93. The largest absolute Gasteiger partial charge is 0.312 e. The normalized spacial score (nSPS) is 14.0. The van der Waals surface area contributed by atoms with E-state index in [1.807, 2.05) is 24.3 Å². The van der Waals surface area contributed by atoms with Crippen LogP contribution < -0.4 is 15.8 Å². The summed E-state index contributed by atoms with van der Waals surface area (Å²) in [5.74, 6) is -0.237. The molecule has 1 heterocycles. The van der Waals surface area contributed by atoms with Crippen molar-refractivity contribution in [3.05, 3.63) is 63.1 Å². The highest BCUT2D eigenvalue weighted by Crippen LogP contribution is 2.33. The number of halogens is 3. The van der Waals surface area contributed by atoms with Crippen LogP contribution in [0.15, 0.2) is 42.5 Å². The number of benzene rings is 2. The van der Waals surface area contributed by atoms with Gasteiger partial charge in [-0.25, -0.2) is 0 Å². The molecule has 27 heavy (non-hydrogen) atoms. The van der Waals surface area contributed by atoms with Crippen LogP contribution in [0.5, 0.6) is 0 Å². The van der Waals surface area contributed by atoms with Gasteiger partial charge in [0, 0.05) is 29.8 Å². The van der Waals surface area contributed by atoms with Crippen molar-refractivity contribution in [1.82, 2.24) is 5.43 Å². The van der Waals surface area contributed by atoms with Crippen molar-refractivity contribution in [2.45, 2.75) is 12.8 Å². The van der Waals surface area contributed by atoms with Gasteiger partial charge in [-0.05, 0) is 42.3 Å². The Morgan fingerprint density at radius 3 is 2.33 bits per heavy atom. The lowest BCUT2D eigenvalue weighted by molar-refractivity contribution is -0.117. The third-order valence-electron chi connectivity index (χ3n) is 4.02. The SMILES string of the molecule is O=C(/C=C/c1ccc(N2CCCC2=O)cc1)NNc1c(Cl)cc(Cl)cc1Cl. The van der Waals surface area contributed by atoms with Gasteiger partial charge in [-0.3, -0.25) is 20.4 Å². The van der Waals surface area contributed by atoms with Crippen LogP contribution >= 0.6 is 34.8 Å². The maximum Gasteiger partial charge on any atom is 0.262 e. The molecule has 1 saturated heterocycles. The first-order chi connectivity index (χ1) is 12.9. The van der Waals surface area contributed by atoms with Crippen molar-refractivity contribution in [3.63, 3.8) is 0 Å². The summed E-state index contributed by atoms with van der Waals surface area (Å²) in [5.41, 5.74) is 7.24. The molecule has 2 aromatic carbocycles. The monoisotopic (exact) mass is 423 g/mol. The number of nitrogens with zero attached hydrogens (tertiary/aromatic N) is 1. The summed E-state index contributed by atoms with van der Waals surface area (Å²) in [6.07, 6.45) is 4.52. The number of rotatable bonds is 5. The first kappa shape index (κ1) is 19.5. The summed E-state index contributed by atoms with van der Waals surface area (Å²) in [4.78, 5) is 25.5. The minimum atomic E-state index is -0.379. The highest BCUT2D eigenvalue weighted by atomic mass is 35.5. The standard InChI is InChI=1S/C19H16Cl3N3O2/c20-13-10-15(21)19(16(22)11-13)24-23-17(26)8-5-12-3-6-14(7-4-12)25-9-1-2-18(25)27/h3-8,10-11,24H,1-2,9H2,(H,23,26)/b8-5+. The molecule has 1 fully saturated rings. The molecule has 0 atom stereocenters. The molecule has 2 amide bonds. The van der Waals surface area contributed by atoms with Crippen LogP contribution in [-0.4, -0.2) is 18.4 Å². The minimum Gasteiger partial charge on any atom is -0.312 e. The number of amides is 2. The molecule has 0 aliphatic carbocycles. The third-order valence-corrected chi connectivity index (χ3v) is 4.84. The Morgan fingerprint density at radius 2 is 1.74 bits per heavy atom. The summed E-state index contributed by atoms with van der Waals surface area (Å²) in [6, 6.07) is 10.5. The summed E-state index contributed by atoms with van der Waals surface area (Å²) in [7, 11) is 0. The van der Waals surface area contributed by atoms with Gasteiger partial charge in [-0.2, -0.15) is 0 Å². The van der Waals surface area contributed by atoms with Gasteiger partial charge in [-0.15, -0.1) is 0 Å². The van der Waals surface area contributed by atoms with Gasteiger partial charge >= 0.3 is 0 Å². The molecular formula is C19H16Cl3N3O2. The van der Waals surface area contributed by atoms with E-state index < -0.39 is 0 Å². The van der Waals surface area contributed by atoms with Crippen molar-refractivity contribution in [2.24, 2.45) is 0 Å². The first-order valence-corrected chi connectivity index (χ1v) is 9.36. The van der Waals surface area contributed by atoms with Gasteiger partial charge in [-0.1, -0.05) is 46.9 Å². The molecule has 3 rings (SSSR count). The smallest absolute Gasteiger partial charge is 0.262 e. The van der Waals surface area contributed by atoms with Gasteiger partial charge in [0.2, 0.25) is 5.91 Å². The van der Waals surface area contributed by atoms with Crippen LogP contribution in [-0.2, 0) is 9.59 Å². The van der Waals surface area contributed by atoms with Gasteiger partial charge in [0.05, 0.1) is 15.7 Å². The van der Waals surface area contributed by atoms with Crippen LogP contribution in [0.1, 0.15) is 18.4 Å². The molecule has 0 unspecified atom stereocenters. The lowest BCUT2D eigenvalue weighted by atomic mass is 10.2. The highest BCUT2D eigenvalue weighted by Gasteiger charge is 2.21. The van der Waals surface area contributed by atoms with E-state index in [2.05, 4.69) is 10.9 Å². The molecule has 0 spiro atoms. The summed E-state index contributed by atoms with van der Waals surface area (Å²) in [5, 5.41) is 0.994. The average Bonchev–Trinajstić information content (AvgIpc) is 3.05. The van der Waals surface area contributed by atoms with Crippen LogP contribution in [0.2, 0.25) is 15.1 Å². The number of carbonyl (C=O) groups excluding carboxylic acids is 2. The fraction of sp³-hybridized carbons (Fsp3) is 0.158. The lowest BCUT2D eigenvalue weighted by Gasteiger charge is -2.15. The molecule has 140 valence electrons.